The van der Waals surface area contributed by atoms with E-state index in [-0.39, 0.29) is 5.69 Å². The second kappa shape index (κ2) is 4.88. The molecule has 1 saturated carbocycles. The molecule has 0 aromatic carbocycles. The van der Waals surface area contributed by atoms with Crippen LogP contribution in [0.25, 0.3) is 0 Å². The number of rotatable bonds is 2. The molecule has 0 unspecified atom stereocenters. The molecule has 1 aromatic heterocycles. The van der Waals surface area contributed by atoms with Crippen molar-refractivity contribution < 1.29 is 0 Å². The highest BCUT2D eigenvalue weighted by Crippen LogP contribution is 2.31. The van der Waals surface area contributed by atoms with Crippen LogP contribution in [0.15, 0.2) is 4.79 Å². The molecule has 0 bridgehead atoms. The smallest absolute Gasteiger partial charge is 0.316 e. The highest BCUT2D eigenvalue weighted by atomic mass is 16.2. The summed E-state index contributed by atoms with van der Waals surface area (Å²) in [6, 6.07) is 0.392. The summed E-state index contributed by atoms with van der Waals surface area (Å²) in [6.45, 7) is 2.06. The van der Waals surface area contributed by atoms with E-state index in [1.165, 1.54) is 23.9 Å². The minimum absolute atomic E-state index is 0.0717. The van der Waals surface area contributed by atoms with Gasteiger partial charge in [0.2, 0.25) is 0 Å². The number of nitrogens with one attached hydrogen (secondary N) is 1. The van der Waals surface area contributed by atoms with E-state index in [2.05, 4.69) is 10.4 Å². The molecule has 0 amide bonds. The topological polar surface area (TPSA) is 51.9 Å². The first-order chi connectivity index (χ1) is 8.77. The highest BCUT2D eigenvalue weighted by molar-refractivity contribution is 5.02. The van der Waals surface area contributed by atoms with E-state index in [9.17, 15) is 4.79 Å². The van der Waals surface area contributed by atoms with Gasteiger partial charge < -0.3 is 5.32 Å². The maximum Gasteiger partial charge on any atom is 0.345 e. The van der Waals surface area contributed by atoms with Crippen LogP contribution >= 0.6 is 0 Å². The SMILES string of the molecule is Cn1nc([C@@H]2CCCNC2)n(C2CCCC2)c1=O. The van der Waals surface area contributed by atoms with Gasteiger partial charge in [-0.2, -0.15) is 5.10 Å². The molecule has 1 aliphatic heterocycles. The largest absolute Gasteiger partial charge is 0.345 e. The second-order valence-electron chi connectivity index (χ2n) is 5.62. The van der Waals surface area contributed by atoms with Crippen molar-refractivity contribution in [2.75, 3.05) is 13.1 Å². The Morgan fingerprint density at radius 3 is 2.67 bits per heavy atom. The summed E-state index contributed by atoms with van der Waals surface area (Å²) in [5, 5.41) is 7.92. The molecule has 2 heterocycles. The van der Waals surface area contributed by atoms with Crippen LogP contribution in [0.4, 0.5) is 0 Å². The van der Waals surface area contributed by atoms with Gasteiger partial charge in [-0.3, -0.25) is 4.57 Å². The molecular weight excluding hydrogens is 228 g/mol. The van der Waals surface area contributed by atoms with Gasteiger partial charge in [0.25, 0.3) is 0 Å². The summed E-state index contributed by atoms with van der Waals surface area (Å²) in [5.41, 5.74) is 0.0717. The van der Waals surface area contributed by atoms with Crippen molar-refractivity contribution in [1.82, 2.24) is 19.7 Å². The molecule has 5 nitrogen and oxygen atoms in total. The molecule has 1 saturated heterocycles. The average molecular weight is 250 g/mol. The molecule has 2 aliphatic rings. The van der Waals surface area contributed by atoms with Crippen LogP contribution in [-0.2, 0) is 7.05 Å². The first kappa shape index (κ1) is 12.0. The van der Waals surface area contributed by atoms with Crippen LogP contribution in [0, 0.1) is 0 Å². The molecule has 3 rings (SSSR count). The van der Waals surface area contributed by atoms with E-state index in [1.54, 1.807) is 7.05 Å². The number of hydrogen-bond donors (Lipinski definition) is 1. The van der Waals surface area contributed by atoms with E-state index in [4.69, 9.17) is 0 Å². The highest BCUT2D eigenvalue weighted by Gasteiger charge is 2.28. The number of aryl methyl sites for hydroxylation is 1. The Hall–Kier alpha value is -1.10. The minimum Gasteiger partial charge on any atom is -0.316 e. The van der Waals surface area contributed by atoms with Crippen LogP contribution in [0.1, 0.15) is 56.3 Å². The van der Waals surface area contributed by atoms with Gasteiger partial charge in [0, 0.05) is 25.6 Å². The van der Waals surface area contributed by atoms with Gasteiger partial charge in [0.1, 0.15) is 5.82 Å². The third-order valence-corrected chi connectivity index (χ3v) is 4.33. The fourth-order valence-electron chi connectivity index (χ4n) is 3.35. The number of piperidine rings is 1. The quantitative estimate of drug-likeness (QED) is 0.857. The lowest BCUT2D eigenvalue weighted by Gasteiger charge is -2.24. The zero-order valence-corrected chi connectivity index (χ0v) is 11.1. The van der Waals surface area contributed by atoms with Gasteiger partial charge in [-0.1, -0.05) is 12.8 Å². The normalized spacial score (nSPS) is 25.7. The zero-order valence-electron chi connectivity index (χ0n) is 11.1. The number of aromatic nitrogens is 3. The van der Waals surface area contributed by atoms with E-state index in [0.717, 1.165) is 38.2 Å². The van der Waals surface area contributed by atoms with Crippen LogP contribution in [0.2, 0.25) is 0 Å². The maximum atomic E-state index is 12.3. The molecule has 1 N–H and O–H groups in total. The van der Waals surface area contributed by atoms with Crippen LogP contribution in [-0.4, -0.2) is 27.4 Å². The molecule has 0 spiro atoms. The maximum absolute atomic E-state index is 12.3. The summed E-state index contributed by atoms with van der Waals surface area (Å²) in [6.07, 6.45) is 7.09. The predicted molar refractivity (Wildman–Crippen MR) is 69.8 cm³/mol. The lowest BCUT2D eigenvalue weighted by Crippen LogP contribution is -2.32. The van der Waals surface area contributed by atoms with E-state index < -0.39 is 0 Å². The van der Waals surface area contributed by atoms with Crippen molar-refractivity contribution in [3.05, 3.63) is 16.3 Å². The third kappa shape index (κ3) is 2.00. The lowest BCUT2D eigenvalue weighted by molar-refractivity contribution is 0.405. The van der Waals surface area contributed by atoms with Gasteiger partial charge in [-0.25, -0.2) is 9.48 Å². The Kier molecular flexibility index (Phi) is 3.24. The Bertz CT molecular complexity index is 464. The van der Waals surface area contributed by atoms with E-state index >= 15 is 0 Å². The number of nitrogens with zero attached hydrogens (tertiary/aromatic N) is 3. The molecule has 1 aliphatic carbocycles. The van der Waals surface area contributed by atoms with Crippen molar-refractivity contribution in [3.8, 4) is 0 Å². The predicted octanol–water partition coefficient (Wildman–Crippen LogP) is 1.16. The fraction of sp³-hybridized carbons (Fsp3) is 0.846. The summed E-state index contributed by atoms with van der Waals surface area (Å²) in [4.78, 5) is 12.3. The van der Waals surface area contributed by atoms with Crippen LogP contribution < -0.4 is 11.0 Å². The third-order valence-electron chi connectivity index (χ3n) is 4.33. The second-order valence-corrected chi connectivity index (χ2v) is 5.62. The summed E-state index contributed by atoms with van der Waals surface area (Å²) >= 11 is 0. The van der Waals surface area contributed by atoms with Crippen molar-refractivity contribution in [3.63, 3.8) is 0 Å². The van der Waals surface area contributed by atoms with Crippen molar-refractivity contribution in [1.29, 1.82) is 0 Å². The average Bonchev–Trinajstić information content (AvgIpc) is 3.00. The zero-order chi connectivity index (χ0) is 12.5. The molecule has 0 radical (unpaired) electrons. The lowest BCUT2D eigenvalue weighted by atomic mass is 9.98. The van der Waals surface area contributed by atoms with E-state index in [0.29, 0.717) is 12.0 Å². The summed E-state index contributed by atoms with van der Waals surface area (Å²) in [5.74, 6) is 1.43. The first-order valence-corrected chi connectivity index (χ1v) is 7.13. The van der Waals surface area contributed by atoms with Gasteiger partial charge in [0.15, 0.2) is 0 Å². The van der Waals surface area contributed by atoms with Gasteiger partial charge >= 0.3 is 5.69 Å². The molecule has 1 atom stereocenters. The van der Waals surface area contributed by atoms with Crippen LogP contribution in [0.5, 0.6) is 0 Å². The molecule has 5 heteroatoms. The van der Waals surface area contributed by atoms with Crippen molar-refractivity contribution in [2.24, 2.45) is 7.05 Å². The Morgan fingerprint density at radius 1 is 1.22 bits per heavy atom. The van der Waals surface area contributed by atoms with Crippen molar-refractivity contribution >= 4 is 0 Å². The minimum atomic E-state index is 0.0717. The first-order valence-electron chi connectivity index (χ1n) is 7.13. The Balaban J connectivity index is 1.97. The molecule has 18 heavy (non-hydrogen) atoms. The standard InChI is InChI=1S/C13H22N4O/c1-16-13(18)17(11-6-2-3-7-11)12(15-16)10-5-4-8-14-9-10/h10-11,14H,2-9H2,1H3/t10-/m1/s1. The van der Waals surface area contributed by atoms with Crippen molar-refractivity contribution in [2.45, 2.75) is 50.5 Å². The van der Waals surface area contributed by atoms with Crippen LogP contribution in [0.3, 0.4) is 0 Å². The van der Waals surface area contributed by atoms with E-state index in [1.807, 2.05) is 4.57 Å². The summed E-state index contributed by atoms with van der Waals surface area (Å²) < 4.78 is 3.51. The molecule has 1 aromatic rings. The van der Waals surface area contributed by atoms with Gasteiger partial charge in [-0.05, 0) is 32.2 Å². The fourth-order valence-corrected chi connectivity index (χ4v) is 3.35. The summed E-state index contributed by atoms with van der Waals surface area (Å²) in [7, 11) is 1.77. The van der Waals surface area contributed by atoms with Gasteiger partial charge in [-0.15, -0.1) is 0 Å². The Labute approximate surface area is 107 Å². The Morgan fingerprint density at radius 2 is 2.00 bits per heavy atom. The molecular formula is C13H22N4O. The molecule has 100 valence electrons. The molecule has 2 fully saturated rings. The number of hydrogen-bond acceptors (Lipinski definition) is 3. The monoisotopic (exact) mass is 250 g/mol. The van der Waals surface area contributed by atoms with Gasteiger partial charge in [0.05, 0.1) is 0 Å².